The van der Waals surface area contributed by atoms with Gasteiger partial charge < -0.3 is 5.32 Å². The molecule has 1 N–H and O–H groups in total. The summed E-state index contributed by atoms with van der Waals surface area (Å²) in [7, 11) is 0. The first-order valence-corrected chi connectivity index (χ1v) is 5.89. The molecule has 0 aromatic heterocycles. The highest BCUT2D eigenvalue weighted by molar-refractivity contribution is 6.14. The molecule has 0 spiro atoms. The first-order chi connectivity index (χ1) is 8.78. The number of rotatable bonds is 2. The Morgan fingerprint density at radius 3 is 2.33 bits per heavy atom. The second-order valence-electron chi connectivity index (χ2n) is 4.38. The Bertz CT molecular complexity index is 618. The van der Waals surface area contributed by atoms with Crippen LogP contribution in [0.2, 0.25) is 0 Å². The van der Waals surface area contributed by atoms with E-state index in [0.717, 1.165) is 16.8 Å². The highest BCUT2D eigenvalue weighted by atomic mass is 16.1. The molecule has 88 valence electrons. The number of benzene rings is 2. The van der Waals surface area contributed by atoms with Crippen LogP contribution in [0.4, 0.5) is 5.69 Å². The minimum absolute atomic E-state index is 0.0549. The summed E-state index contributed by atoms with van der Waals surface area (Å²) >= 11 is 0. The fraction of sp³-hybridized carbons (Fsp3) is 0.0625. The van der Waals surface area contributed by atoms with E-state index in [1.165, 1.54) is 0 Å². The Hall–Kier alpha value is -2.35. The van der Waals surface area contributed by atoms with Gasteiger partial charge in [-0.3, -0.25) is 4.79 Å². The molecule has 0 aliphatic carbocycles. The Morgan fingerprint density at radius 2 is 1.67 bits per heavy atom. The van der Waals surface area contributed by atoms with Crippen molar-refractivity contribution >= 4 is 11.5 Å². The molecule has 3 rings (SSSR count). The third-order valence-electron chi connectivity index (χ3n) is 3.40. The topological polar surface area (TPSA) is 29.1 Å². The highest BCUT2D eigenvalue weighted by Crippen LogP contribution is 2.39. The number of hydrogen-bond donors (Lipinski definition) is 1. The molecular weight excluding hydrogens is 222 g/mol. The number of hydrogen-bond acceptors (Lipinski definition) is 2. The second-order valence-corrected chi connectivity index (χ2v) is 4.38. The van der Waals surface area contributed by atoms with E-state index in [4.69, 9.17) is 0 Å². The van der Waals surface area contributed by atoms with Gasteiger partial charge in [-0.2, -0.15) is 0 Å². The summed E-state index contributed by atoms with van der Waals surface area (Å²) in [5, 5.41) is 3.30. The quantitative estimate of drug-likeness (QED) is 0.808. The average molecular weight is 235 g/mol. The van der Waals surface area contributed by atoms with Crippen LogP contribution in [0.5, 0.6) is 0 Å². The highest BCUT2D eigenvalue weighted by Gasteiger charge is 2.43. The van der Waals surface area contributed by atoms with E-state index in [1.807, 2.05) is 54.6 Å². The van der Waals surface area contributed by atoms with Gasteiger partial charge in [0.1, 0.15) is 5.54 Å². The molecule has 0 radical (unpaired) electrons. The Kier molecular flexibility index (Phi) is 2.30. The van der Waals surface area contributed by atoms with Gasteiger partial charge in [0.05, 0.1) is 0 Å². The molecule has 0 saturated carbocycles. The fourth-order valence-electron chi connectivity index (χ4n) is 2.44. The summed E-state index contributed by atoms with van der Waals surface area (Å²) in [4.78, 5) is 12.6. The van der Waals surface area contributed by atoms with Crippen LogP contribution < -0.4 is 5.32 Å². The fourth-order valence-corrected chi connectivity index (χ4v) is 2.44. The third-order valence-corrected chi connectivity index (χ3v) is 3.40. The van der Waals surface area contributed by atoms with E-state index in [1.54, 1.807) is 6.08 Å². The summed E-state index contributed by atoms with van der Waals surface area (Å²) in [6, 6.07) is 17.2. The van der Waals surface area contributed by atoms with Gasteiger partial charge in [0.2, 0.25) is 0 Å². The molecule has 18 heavy (non-hydrogen) atoms. The lowest BCUT2D eigenvalue weighted by molar-refractivity contribution is 0.0945. The average Bonchev–Trinajstić information content (AvgIpc) is 2.74. The van der Waals surface area contributed by atoms with Gasteiger partial charge in [0.15, 0.2) is 5.78 Å². The smallest absolute Gasteiger partial charge is 0.198 e. The molecule has 0 bridgehead atoms. The molecule has 2 heteroatoms. The summed E-state index contributed by atoms with van der Waals surface area (Å²) < 4.78 is 0. The standard InChI is InChI=1S/C16H13NO/c1-2-16(12-8-4-3-5-9-12)15(18)13-10-6-7-11-14(13)17-16/h2-11,17H,1H2. The normalized spacial score (nSPS) is 21.2. The van der Waals surface area contributed by atoms with Crippen LogP contribution in [0.1, 0.15) is 15.9 Å². The summed E-state index contributed by atoms with van der Waals surface area (Å²) in [6.07, 6.45) is 1.69. The van der Waals surface area contributed by atoms with Gasteiger partial charge in [-0.15, -0.1) is 0 Å². The molecule has 1 atom stereocenters. The third kappa shape index (κ3) is 1.32. The number of ketones is 1. The number of nitrogens with one attached hydrogen (secondary N) is 1. The molecule has 1 aliphatic heterocycles. The Morgan fingerprint density at radius 1 is 1.00 bits per heavy atom. The van der Waals surface area contributed by atoms with Gasteiger partial charge in [-0.1, -0.05) is 55.1 Å². The van der Waals surface area contributed by atoms with E-state index >= 15 is 0 Å². The van der Waals surface area contributed by atoms with E-state index in [2.05, 4.69) is 11.9 Å². The lowest BCUT2D eigenvalue weighted by Crippen LogP contribution is -2.36. The zero-order valence-electron chi connectivity index (χ0n) is 9.89. The zero-order chi connectivity index (χ0) is 12.6. The van der Waals surface area contributed by atoms with Gasteiger partial charge in [-0.25, -0.2) is 0 Å². The van der Waals surface area contributed by atoms with Crippen molar-refractivity contribution in [1.29, 1.82) is 0 Å². The number of fused-ring (bicyclic) bond motifs is 1. The van der Waals surface area contributed by atoms with Crippen molar-refractivity contribution in [3.63, 3.8) is 0 Å². The molecular formula is C16H13NO. The maximum absolute atomic E-state index is 12.6. The molecule has 2 nitrogen and oxygen atoms in total. The van der Waals surface area contributed by atoms with E-state index in [0.29, 0.717) is 0 Å². The van der Waals surface area contributed by atoms with Crippen LogP contribution in [0.3, 0.4) is 0 Å². The van der Waals surface area contributed by atoms with Crippen molar-refractivity contribution in [3.8, 4) is 0 Å². The van der Waals surface area contributed by atoms with E-state index in [9.17, 15) is 4.79 Å². The van der Waals surface area contributed by atoms with Crippen LogP contribution in [0.25, 0.3) is 0 Å². The van der Waals surface area contributed by atoms with Crippen LogP contribution in [0.15, 0.2) is 67.3 Å². The van der Waals surface area contributed by atoms with Gasteiger partial charge in [-0.05, 0) is 17.7 Å². The first-order valence-electron chi connectivity index (χ1n) is 5.89. The zero-order valence-corrected chi connectivity index (χ0v) is 9.89. The largest absolute Gasteiger partial charge is 0.365 e. The van der Waals surface area contributed by atoms with Crippen LogP contribution in [-0.4, -0.2) is 5.78 Å². The molecule has 0 amide bonds. The molecule has 0 fully saturated rings. The predicted octanol–water partition coefficient (Wildman–Crippen LogP) is 3.38. The maximum Gasteiger partial charge on any atom is 0.198 e. The second kappa shape index (κ2) is 3.84. The van der Waals surface area contributed by atoms with Crippen molar-refractivity contribution in [2.45, 2.75) is 5.54 Å². The minimum Gasteiger partial charge on any atom is -0.365 e. The monoisotopic (exact) mass is 235 g/mol. The summed E-state index contributed by atoms with van der Waals surface area (Å²) in [6.45, 7) is 3.84. The lowest BCUT2D eigenvalue weighted by Gasteiger charge is -2.25. The Labute approximate surface area is 106 Å². The minimum atomic E-state index is -0.828. The van der Waals surface area contributed by atoms with Gasteiger partial charge in [0, 0.05) is 11.3 Å². The predicted molar refractivity (Wildman–Crippen MR) is 72.7 cm³/mol. The van der Waals surface area contributed by atoms with Crippen LogP contribution >= 0.6 is 0 Å². The van der Waals surface area contributed by atoms with E-state index < -0.39 is 5.54 Å². The molecule has 1 aliphatic rings. The number of anilines is 1. The number of carbonyl (C=O) groups excluding carboxylic acids is 1. The van der Waals surface area contributed by atoms with Crippen molar-refractivity contribution < 1.29 is 4.79 Å². The maximum atomic E-state index is 12.6. The van der Waals surface area contributed by atoms with Gasteiger partial charge in [0.25, 0.3) is 0 Å². The summed E-state index contributed by atoms with van der Waals surface area (Å²) in [5.41, 5.74) is 1.68. The molecule has 1 heterocycles. The number of carbonyl (C=O) groups is 1. The molecule has 2 aromatic rings. The Balaban J connectivity index is 2.18. The molecule has 0 saturated heterocycles. The van der Waals surface area contributed by atoms with Crippen molar-refractivity contribution in [2.75, 3.05) is 5.32 Å². The van der Waals surface area contributed by atoms with Crippen LogP contribution in [-0.2, 0) is 5.54 Å². The van der Waals surface area contributed by atoms with Crippen molar-refractivity contribution in [2.24, 2.45) is 0 Å². The lowest BCUT2D eigenvalue weighted by atomic mass is 9.86. The first kappa shape index (κ1) is 10.8. The number of para-hydroxylation sites is 1. The molecule has 2 aromatic carbocycles. The number of Topliss-reactive ketones (excluding diaryl/α,β-unsaturated/α-hetero) is 1. The van der Waals surface area contributed by atoms with E-state index in [-0.39, 0.29) is 5.78 Å². The summed E-state index contributed by atoms with van der Waals surface area (Å²) in [5.74, 6) is 0.0549. The van der Waals surface area contributed by atoms with Crippen molar-refractivity contribution in [3.05, 3.63) is 78.4 Å². The SMILES string of the molecule is C=CC1(c2ccccc2)Nc2ccccc2C1=O. The molecule has 1 unspecified atom stereocenters. The van der Waals surface area contributed by atoms with Crippen LogP contribution in [0, 0.1) is 0 Å². The van der Waals surface area contributed by atoms with Gasteiger partial charge >= 0.3 is 0 Å². The van der Waals surface area contributed by atoms with Crippen molar-refractivity contribution in [1.82, 2.24) is 0 Å².